The van der Waals surface area contributed by atoms with Crippen LogP contribution >= 0.6 is 0 Å². The van der Waals surface area contributed by atoms with E-state index >= 15 is 0 Å². The second-order valence-corrected chi connectivity index (χ2v) is 9.16. The Bertz CT molecular complexity index is 995. The van der Waals surface area contributed by atoms with Crippen LogP contribution in [0.5, 0.6) is 0 Å². The maximum Gasteiger partial charge on any atom is 0.253 e. The van der Waals surface area contributed by atoms with E-state index < -0.39 is 10.0 Å². The van der Waals surface area contributed by atoms with Gasteiger partial charge in [0.25, 0.3) is 11.8 Å². The molecule has 7 nitrogen and oxygen atoms in total. The molecule has 1 aliphatic heterocycles. The lowest BCUT2D eigenvalue weighted by Crippen LogP contribution is -2.28. The van der Waals surface area contributed by atoms with Crippen LogP contribution in [0.2, 0.25) is 0 Å². The number of benzene rings is 2. The standard InChI is InChI=1S/C21H25N3O4S/c1-23(2)21(26)17-10-8-16(9-11-17)15-22-20(25)18-6-5-7-19(14-18)29(27,28)24-12-3-4-13-24/h5-11,14H,3-4,12-13,15H2,1-2H3,(H,22,25). The van der Waals surface area contributed by atoms with Crippen LogP contribution in [0.3, 0.4) is 0 Å². The van der Waals surface area contributed by atoms with E-state index in [1.54, 1.807) is 50.5 Å². The Kier molecular flexibility index (Phi) is 6.34. The summed E-state index contributed by atoms with van der Waals surface area (Å²) in [5, 5.41) is 2.79. The van der Waals surface area contributed by atoms with Crippen LogP contribution in [0.1, 0.15) is 39.1 Å². The number of nitrogens with one attached hydrogen (secondary N) is 1. The molecule has 1 aliphatic rings. The maximum atomic E-state index is 12.7. The van der Waals surface area contributed by atoms with Gasteiger partial charge in [0, 0.05) is 44.9 Å². The first-order valence-electron chi connectivity index (χ1n) is 9.48. The van der Waals surface area contributed by atoms with Crippen LogP contribution in [-0.2, 0) is 16.6 Å². The number of hydrogen-bond acceptors (Lipinski definition) is 4. The topological polar surface area (TPSA) is 86.8 Å². The second-order valence-electron chi connectivity index (χ2n) is 7.22. The molecular weight excluding hydrogens is 390 g/mol. The highest BCUT2D eigenvalue weighted by molar-refractivity contribution is 7.89. The maximum absolute atomic E-state index is 12.7. The zero-order valence-corrected chi connectivity index (χ0v) is 17.4. The molecule has 1 fully saturated rings. The number of carbonyl (C=O) groups excluding carboxylic acids is 2. The average molecular weight is 416 g/mol. The summed E-state index contributed by atoms with van der Waals surface area (Å²) >= 11 is 0. The fourth-order valence-electron chi connectivity index (χ4n) is 3.18. The predicted octanol–water partition coefficient (Wildman–Crippen LogP) is 2.10. The quantitative estimate of drug-likeness (QED) is 0.783. The lowest BCUT2D eigenvalue weighted by Gasteiger charge is -2.16. The lowest BCUT2D eigenvalue weighted by atomic mass is 10.1. The van der Waals surface area contributed by atoms with Crippen LogP contribution in [-0.4, -0.2) is 56.6 Å². The molecule has 2 aromatic rings. The molecule has 2 aromatic carbocycles. The number of carbonyl (C=O) groups is 2. The number of amides is 2. The normalized spacial score (nSPS) is 14.6. The van der Waals surface area contributed by atoms with E-state index in [1.165, 1.54) is 21.3 Å². The van der Waals surface area contributed by atoms with Crippen molar-refractivity contribution >= 4 is 21.8 Å². The van der Waals surface area contributed by atoms with E-state index in [0.29, 0.717) is 24.2 Å². The predicted molar refractivity (Wildman–Crippen MR) is 110 cm³/mol. The molecule has 29 heavy (non-hydrogen) atoms. The van der Waals surface area contributed by atoms with Gasteiger partial charge in [-0.15, -0.1) is 0 Å². The van der Waals surface area contributed by atoms with Crippen LogP contribution in [0.15, 0.2) is 53.4 Å². The number of rotatable bonds is 6. The first-order chi connectivity index (χ1) is 13.8. The highest BCUT2D eigenvalue weighted by Gasteiger charge is 2.27. The number of hydrogen-bond donors (Lipinski definition) is 1. The molecule has 1 saturated heterocycles. The van der Waals surface area contributed by atoms with Gasteiger partial charge in [0.15, 0.2) is 0 Å². The fourth-order valence-corrected chi connectivity index (χ4v) is 4.75. The number of sulfonamides is 1. The Hall–Kier alpha value is -2.71. The van der Waals surface area contributed by atoms with Gasteiger partial charge in [0.05, 0.1) is 4.90 Å². The van der Waals surface area contributed by atoms with E-state index in [1.807, 2.05) is 0 Å². The van der Waals surface area contributed by atoms with E-state index in [4.69, 9.17) is 0 Å². The molecule has 0 radical (unpaired) electrons. The molecule has 0 aromatic heterocycles. The Labute approximate surface area is 171 Å². The third-order valence-electron chi connectivity index (χ3n) is 4.86. The van der Waals surface area contributed by atoms with Gasteiger partial charge in [-0.3, -0.25) is 9.59 Å². The monoisotopic (exact) mass is 415 g/mol. The molecule has 0 unspecified atom stereocenters. The SMILES string of the molecule is CN(C)C(=O)c1ccc(CNC(=O)c2cccc(S(=O)(=O)N3CCCC3)c2)cc1. The van der Waals surface area contributed by atoms with Crippen molar-refractivity contribution in [3.05, 3.63) is 65.2 Å². The van der Waals surface area contributed by atoms with Crippen molar-refractivity contribution in [2.75, 3.05) is 27.2 Å². The van der Waals surface area contributed by atoms with Gasteiger partial charge in [-0.25, -0.2) is 8.42 Å². The number of nitrogens with zero attached hydrogens (tertiary/aromatic N) is 2. The highest BCUT2D eigenvalue weighted by atomic mass is 32.2. The van der Waals surface area contributed by atoms with Crippen molar-refractivity contribution in [3.63, 3.8) is 0 Å². The summed E-state index contributed by atoms with van der Waals surface area (Å²) in [4.78, 5) is 26.1. The van der Waals surface area contributed by atoms with Crippen LogP contribution in [0.4, 0.5) is 0 Å². The Morgan fingerprint density at radius 1 is 1.00 bits per heavy atom. The first-order valence-corrected chi connectivity index (χ1v) is 10.9. The van der Waals surface area contributed by atoms with Gasteiger partial charge in [0.1, 0.15) is 0 Å². The summed E-state index contributed by atoms with van der Waals surface area (Å²) < 4.78 is 26.8. The van der Waals surface area contributed by atoms with Crippen molar-refractivity contribution < 1.29 is 18.0 Å². The first kappa shape index (κ1) is 21.0. The molecule has 2 amide bonds. The Balaban J connectivity index is 1.66. The van der Waals surface area contributed by atoms with Crippen molar-refractivity contribution in [1.82, 2.24) is 14.5 Å². The minimum atomic E-state index is -3.56. The largest absolute Gasteiger partial charge is 0.348 e. The highest BCUT2D eigenvalue weighted by Crippen LogP contribution is 2.21. The third kappa shape index (κ3) is 4.83. The summed E-state index contributed by atoms with van der Waals surface area (Å²) in [5.74, 6) is -0.437. The summed E-state index contributed by atoms with van der Waals surface area (Å²) in [5.41, 5.74) is 1.71. The van der Waals surface area contributed by atoms with E-state index in [-0.39, 0.29) is 23.3 Å². The van der Waals surface area contributed by atoms with E-state index in [0.717, 1.165) is 18.4 Å². The molecule has 0 atom stereocenters. The Morgan fingerprint density at radius 3 is 2.28 bits per heavy atom. The fraction of sp³-hybridized carbons (Fsp3) is 0.333. The molecule has 154 valence electrons. The summed E-state index contributed by atoms with van der Waals surface area (Å²) in [6, 6.07) is 13.1. The van der Waals surface area contributed by atoms with Crippen molar-refractivity contribution in [2.24, 2.45) is 0 Å². The lowest BCUT2D eigenvalue weighted by molar-refractivity contribution is 0.0827. The van der Waals surface area contributed by atoms with E-state index in [2.05, 4.69) is 5.32 Å². The zero-order chi connectivity index (χ0) is 21.0. The third-order valence-corrected chi connectivity index (χ3v) is 6.75. The second kappa shape index (κ2) is 8.75. The summed E-state index contributed by atoms with van der Waals surface area (Å²) in [7, 11) is -0.186. The van der Waals surface area contributed by atoms with Gasteiger partial charge in [-0.1, -0.05) is 18.2 Å². The minimum absolute atomic E-state index is 0.0865. The summed E-state index contributed by atoms with van der Waals surface area (Å²) in [6.45, 7) is 1.31. The molecule has 8 heteroatoms. The van der Waals surface area contributed by atoms with Gasteiger partial charge < -0.3 is 10.2 Å². The molecule has 0 spiro atoms. The summed E-state index contributed by atoms with van der Waals surface area (Å²) in [6.07, 6.45) is 1.72. The molecular formula is C21H25N3O4S. The van der Waals surface area contributed by atoms with Gasteiger partial charge in [-0.05, 0) is 48.7 Å². The molecule has 0 saturated carbocycles. The van der Waals surface area contributed by atoms with Gasteiger partial charge in [-0.2, -0.15) is 4.31 Å². The minimum Gasteiger partial charge on any atom is -0.348 e. The molecule has 0 aliphatic carbocycles. The zero-order valence-electron chi connectivity index (χ0n) is 16.6. The van der Waals surface area contributed by atoms with Crippen molar-refractivity contribution in [2.45, 2.75) is 24.3 Å². The molecule has 1 heterocycles. The van der Waals surface area contributed by atoms with Crippen LogP contribution in [0.25, 0.3) is 0 Å². The van der Waals surface area contributed by atoms with Crippen LogP contribution in [0, 0.1) is 0 Å². The molecule has 1 N–H and O–H groups in total. The Morgan fingerprint density at radius 2 is 1.66 bits per heavy atom. The van der Waals surface area contributed by atoms with Gasteiger partial charge in [0.2, 0.25) is 10.0 Å². The van der Waals surface area contributed by atoms with Crippen molar-refractivity contribution in [3.8, 4) is 0 Å². The van der Waals surface area contributed by atoms with E-state index in [9.17, 15) is 18.0 Å². The smallest absolute Gasteiger partial charge is 0.253 e. The van der Waals surface area contributed by atoms with Crippen LogP contribution < -0.4 is 5.32 Å². The van der Waals surface area contributed by atoms with Gasteiger partial charge >= 0.3 is 0 Å². The molecule has 0 bridgehead atoms. The molecule has 3 rings (SSSR count). The van der Waals surface area contributed by atoms with Crippen molar-refractivity contribution in [1.29, 1.82) is 0 Å². The average Bonchev–Trinajstić information content (AvgIpc) is 3.27.